The summed E-state index contributed by atoms with van der Waals surface area (Å²) >= 11 is 0. The van der Waals surface area contributed by atoms with Crippen molar-refractivity contribution < 1.29 is 13.2 Å². The summed E-state index contributed by atoms with van der Waals surface area (Å²) in [5.41, 5.74) is 1.06. The quantitative estimate of drug-likeness (QED) is 0.887. The molecule has 1 atom stereocenters. The van der Waals surface area contributed by atoms with Crippen molar-refractivity contribution in [3.05, 3.63) is 18.0 Å². The number of piperidine rings is 1. The molecule has 0 unspecified atom stereocenters. The summed E-state index contributed by atoms with van der Waals surface area (Å²) in [5.74, 6) is 0.249. The highest BCUT2D eigenvalue weighted by Gasteiger charge is 2.31. The smallest absolute Gasteiger partial charge is 0.223 e. The van der Waals surface area contributed by atoms with E-state index in [4.69, 9.17) is 0 Å². The van der Waals surface area contributed by atoms with Crippen molar-refractivity contribution in [2.75, 3.05) is 18.8 Å². The summed E-state index contributed by atoms with van der Waals surface area (Å²) in [7, 11) is -3.11. The van der Waals surface area contributed by atoms with Gasteiger partial charge in [0.1, 0.15) is 0 Å². The fourth-order valence-corrected chi connectivity index (χ4v) is 5.60. The Labute approximate surface area is 137 Å². The van der Waals surface area contributed by atoms with Crippen LogP contribution in [-0.4, -0.2) is 53.5 Å². The molecule has 6 nitrogen and oxygen atoms in total. The molecule has 0 spiro atoms. The van der Waals surface area contributed by atoms with E-state index >= 15 is 0 Å². The third kappa shape index (κ3) is 3.94. The monoisotopic (exact) mass is 339 g/mol. The molecule has 2 aliphatic rings. The molecule has 1 aliphatic carbocycles. The summed E-state index contributed by atoms with van der Waals surface area (Å²) in [6.45, 7) is 1.39. The van der Waals surface area contributed by atoms with Crippen LogP contribution in [0.2, 0.25) is 0 Å². The molecule has 0 radical (unpaired) electrons. The number of carbonyl (C=O) groups excluding carboxylic acids is 1. The van der Waals surface area contributed by atoms with E-state index in [1.807, 2.05) is 11.0 Å². The molecule has 2 heterocycles. The van der Waals surface area contributed by atoms with Crippen molar-refractivity contribution in [1.82, 2.24) is 15.1 Å². The van der Waals surface area contributed by atoms with E-state index in [1.165, 1.54) is 0 Å². The maximum Gasteiger partial charge on any atom is 0.223 e. The van der Waals surface area contributed by atoms with Crippen molar-refractivity contribution >= 4 is 15.7 Å². The zero-order valence-electron chi connectivity index (χ0n) is 13.4. The van der Waals surface area contributed by atoms with Crippen molar-refractivity contribution in [1.29, 1.82) is 0 Å². The van der Waals surface area contributed by atoms with Gasteiger partial charge in [-0.15, -0.1) is 0 Å². The van der Waals surface area contributed by atoms with Gasteiger partial charge in [0.15, 0.2) is 9.84 Å². The van der Waals surface area contributed by atoms with Gasteiger partial charge in [-0.3, -0.25) is 9.89 Å². The molecule has 0 aromatic carbocycles. The van der Waals surface area contributed by atoms with Gasteiger partial charge in [0.25, 0.3) is 0 Å². The lowest BCUT2D eigenvalue weighted by atomic mass is 9.95. The van der Waals surface area contributed by atoms with Crippen LogP contribution in [-0.2, 0) is 14.6 Å². The first-order valence-corrected chi connectivity index (χ1v) is 10.3. The van der Waals surface area contributed by atoms with Gasteiger partial charge in [0, 0.05) is 37.3 Å². The van der Waals surface area contributed by atoms with E-state index in [0.717, 1.165) is 50.8 Å². The van der Waals surface area contributed by atoms with E-state index in [2.05, 4.69) is 10.2 Å². The van der Waals surface area contributed by atoms with Crippen LogP contribution < -0.4 is 0 Å². The number of carbonyl (C=O) groups is 1. The minimum atomic E-state index is -3.11. The van der Waals surface area contributed by atoms with Crippen molar-refractivity contribution in [2.24, 2.45) is 0 Å². The molecule has 0 bridgehead atoms. The van der Waals surface area contributed by atoms with Crippen LogP contribution in [0.1, 0.15) is 56.6 Å². The highest BCUT2D eigenvalue weighted by molar-refractivity contribution is 7.92. The zero-order valence-corrected chi connectivity index (χ0v) is 14.2. The van der Waals surface area contributed by atoms with E-state index in [9.17, 15) is 13.2 Å². The zero-order chi connectivity index (χ0) is 16.3. The predicted octanol–water partition coefficient (Wildman–Crippen LogP) is 1.86. The Morgan fingerprint density at radius 2 is 2.04 bits per heavy atom. The number of hydrogen-bond donors (Lipinski definition) is 1. The summed E-state index contributed by atoms with van der Waals surface area (Å²) < 4.78 is 24.6. The first-order valence-electron chi connectivity index (χ1n) is 8.55. The number of hydrogen-bond acceptors (Lipinski definition) is 4. The molecule has 3 rings (SSSR count). The topological polar surface area (TPSA) is 83.1 Å². The maximum absolute atomic E-state index is 12.4. The van der Waals surface area contributed by atoms with E-state index in [1.54, 1.807) is 6.20 Å². The van der Waals surface area contributed by atoms with Gasteiger partial charge in [0.2, 0.25) is 5.91 Å². The number of amides is 1. The predicted molar refractivity (Wildman–Crippen MR) is 87.8 cm³/mol. The molecular weight excluding hydrogens is 314 g/mol. The van der Waals surface area contributed by atoms with Crippen molar-refractivity contribution in [2.45, 2.75) is 56.1 Å². The third-order valence-electron chi connectivity index (χ3n) is 5.15. The maximum atomic E-state index is 12.4. The molecule has 2 fully saturated rings. The number of sulfone groups is 1. The van der Waals surface area contributed by atoms with Crippen LogP contribution in [0.4, 0.5) is 0 Å². The van der Waals surface area contributed by atoms with Crippen LogP contribution >= 0.6 is 0 Å². The average Bonchev–Trinajstić information content (AvgIpc) is 3.25. The second-order valence-electron chi connectivity index (χ2n) is 6.71. The minimum absolute atomic E-state index is 0.00171. The lowest BCUT2D eigenvalue weighted by molar-refractivity contribution is -0.132. The number of aromatic amines is 1. The van der Waals surface area contributed by atoms with Gasteiger partial charge in [-0.25, -0.2) is 8.42 Å². The average molecular weight is 339 g/mol. The molecule has 1 N–H and O–H groups in total. The van der Waals surface area contributed by atoms with Gasteiger partial charge < -0.3 is 4.90 Å². The molecule has 7 heteroatoms. The fraction of sp³-hybridized carbons (Fsp3) is 0.750. The Morgan fingerprint density at radius 1 is 1.26 bits per heavy atom. The van der Waals surface area contributed by atoms with Crippen LogP contribution in [0.5, 0.6) is 0 Å². The van der Waals surface area contributed by atoms with Gasteiger partial charge in [-0.05, 0) is 31.7 Å². The second-order valence-corrected chi connectivity index (χ2v) is 9.11. The van der Waals surface area contributed by atoms with Gasteiger partial charge >= 0.3 is 0 Å². The Morgan fingerprint density at radius 3 is 2.74 bits per heavy atom. The van der Waals surface area contributed by atoms with Crippen molar-refractivity contribution in [3.63, 3.8) is 0 Å². The van der Waals surface area contributed by atoms with E-state index in [-0.39, 0.29) is 29.2 Å². The molecule has 23 heavy (non-hydrogen) atoms. The van der Waals surface area contributed by atoms with Gasteiger partial charge in [-0.1, -0.05) is 12.8 Å². The molecule has 128 valence electrons. The number of aromatic nitrogens is 2. The lowest BCUT2D eigenvalue weighted by Gasteiger charge is -2.32. The first kappa shape index (κ1) is 16.5. The Kier molecular flexibility index (Phi) is 5.04. The summed E-state index contributed by atoms with van der Waals surface area (Å²) in [5, 5.41) is 6.73. The van der Waals surface area contributed by atoms with Crippen LogP contribution in [0.3, 0.4) is 0 Å². The molecule has 1 amide bonds. The highest BCUT2D eigenvalue weighted by Crippen LogP contribution is 2.27. The molecule has 1 aromatic heterocycles. The van der Waals surface area contributed by atoms with Crippen LogP contribution in [0, 0.1) is 0 Å². The molecule has 1 aliphatic heterocycles. The van der Waals surface area contributed by atoms with E-state index < -0.39 is 9.84 Å². The molecular formula is C16H25N3O3S. The first-order chi connectivity index (χ1) is 11.1. The minimum Gasteiger partial charge on any atom is -0.342 e. The number of likely N-dealkylation sites (tertiary alicyclic amines) is 1. The summed E-state index contributed by atoms with van der Waals surface area (Å²) in [6.07, 6.45) is 7.35. The van der Waals surface area contributed by atoms with Gasteiger partial charge in [0.05, 0.1) is 11.0 Å². The standard InChI is InChI=1S/C16H25N3O3S/c20-16(8-11-23(21,22)14-5-1-2-6-14)19-10-3-4-13(12-19)15-7-9-17-18-15/h7,9,13-14H,1-6,8,10-12H2,(H,17,18)/t13-/m0/s1. The molecule has 1 saturated carbocycles. The fourth-order valence-electron chi connectivity index (χ4n) is 3.75. The van der Waals surface area contributed by atoms with E-state index in [0.29, 0.717) is 6.54 Å². The van der Waals surface area contributed by atoms with Gasteiger partial charge in [-0.2, -0.15) is 5.10 Å². The Balaban J connectivity index is 1.53. The molecule has 1 saturated heterocycles. The lowest BCUT2D eigenvalue weighted by Crippen LogP contribution is -2.40. The third-order valence-corrected chi connectivity index (χ3v) is 7.41. The Bertz CT molecular complexity index is 621. The SMILES string of the molecule is O=C(CCS(=O)(=O)C1CCCC1)N1CCC[C@H](c2ccn[nH]2)C1. The number of H-pyrrole nitrogens is 1. The largest absolute Gasteiger partial charge is 0.342 e. The summed E-state index contributed by atoms with van der Waals surface area (Å²) in [4.78, 5) is 14.2. The number of nitrogens with zero attached hydrogens (tertiary/aromatic N) is 2. The highest BCUT2D eigenvalue weighted by atomic mass is 32.2. The Hall–Kier alpha value is -1.37. The second kappa shape index (κ2) is 7.03. The normalized spacial score (nSPS) is 23.3. The summed E-state index contributed by atoms with van der Waals surface area (Å²) in [6, 6.07) is 1.95. The number of rotatable bonds is 5. The van der Waals surface area contributed by atoms with Crippen LogP contribution in [0.15, 0.2) is 12.3 Å². The molecule has 1 aromatic rings. The van der Waals surface area contributed by atoms with Crippen LogP contribution in [0.25, 0.3) is 0 Å². The number of nitrogens with one attached hydrogen (secondary N) is 1. The van der Waals surface area contributed by atoms with Crippen molar-refractivity contribution in [3.8, 4) is 0 Å².